The fraction of sp³-hybridized carbons (Fsp3) is 0.304. The molecule has 162 valence electrons. The van der Waals surface area contributed by atoms with E-state index in [2.05, 4.69) is 10.6 Å². The average Bonchev–Trinajstić information content (AvgIpc) is 2.76. The van der Waals surface area contributed by atoms with E-state index in [-0.39, 0.29) is 11.5 Å². The van der Waals surface area contributed by atoms with Crippen molar-refractivity contribution in [3.63, 3.8) is 0 Å². The molecule has 0 aliphatic carbocycles. The molecule has 1 saturated heterocycles. The Hall–Kier alpha value is -3.68. The second-order valence-electron chi connectivity index (χ2n) is 7.38. The Morgan fingerprint density at radius 2 is 1.77 bits per heavy atom. The topological polar surface area (TPSA) is 105 Å². The van der Waals surface area contributed by atoms with E-state index in [0.29, 0.717) is 18.7 Å². The molecule has 0 spiro atoms. The number of amides is 4. The van der Waals surface area contributed by atoms with E-state index in [0.717, 1.165) is 29.7 Å². The zero-order valence-corrected chi connectivity index (χ0v) is 17.6. The third-order valence-corrected chi connectivity index (χ3v) is 5.18. The molecule has 0 atom stereocenters. The van der Waals surface area contributed by atoms with Crippen LogP contribution in [0.1, 0.15) is 40.7 Å². The summed E-state index contributed by atoms with van der Waals surface area (Å²) < 4.78 is 4.98. The van der Waals surface area contributed by atoms with E-state index >= 15 is 0 Å². The third kappa shape index (κ3) is 5.69. The van der Waals surface area contributed by atoms with Gasteiger partial charge in [0, 0.05) is 24.3 Å². The predicted octanol–water partition coefficient (Wildman–Crippen LogP) is 3.33. The molecular formula is C23H25N3O5. The van der Waals surface area contributed by atoms with Gasteiger partial charge >= 0.3 is 12.0 Å². The summed E-state index contributed by atoms with van der Waals surface area (Å²) in [5, 5.41) is 4.73. The maximum Gasteiger partial charge on any atom is 0.338 e. The van der Waals surface area contributed by atoms with Crippen molar-refractivity contribution in [2.75, 3.05) is 23.4 Å². The van der Waals surface area contributed by atoms with Crippen LogP contribution in [-0.2, 0) is 14.3 Å². The number of piperidine rings is 1. The molecule has 0 unspecified atom stereocenters. The van der Waals surface area contributed by atoms with Gasteiger partial charge in [0.1, 0.15) is 0 Å². The van der Waals surface area contributed by atoms with Gasteiger partial charge in [0.05, 0.1) is 5.56 Å². The molecule has 3 rings (SSSR count). The SMILES string of the molecule is Cc1cccc(NC(=O)NC(=O)COC(=O)c2ccc(N3CCCCC3=O)cc2)c1C. The highest BCUT2D eigenvalue weighted by molar-refractivity contribution is 6.02. The van der Waals surface area contributed by atoms with Crippen LogP contribution in [-0.4, -0.2) is 37.0 Å². The molecule has 31 heavy (non-hydrogen) atoms. The summed E-state index contributed by atoms with van der Waals surface area (Å²) in [4.78, 5) is 49.8. The Labute approximate surface area is 180 Å². The van der Waals surface area contributed by atoms with E-state index in [1.54, 1.807) is 41.3 Å². The third-order valence-electron chi connectivity index (χ3n) is 5.18. The molecule has 0 radical (unpaired) electrons. The van der Waals surface area contributed by atoms with Gasteiger partial charge in [-0.1, -0.05) is 12.1 Å². The molecule has 8 nitrogen and oxygen atoms in total. The largest absolute Gasteiger partial charge is 0.452 e. The summed E-state index contributed by atoms with van der Waals surface area (Å²) in [5.74, 6) is -1.37. The van der Waals surface area contributed by atoms with Gasteiger partial charge in [0.25, 0.3) is 5.91 Å². The highest BCUT2D eigenvalue weighted by Gasteiger charge is 2.20. The van der Waals surface area contributed by atoms with Crippen molar-refractivity contribution < 1.29 is 23.9 Å². The van der Waals surface area contributed by atoms with E-state index in [1.165, 1.54) is 0 Å². The smallest absolute Gasteiger partial charge is 0.338 e. The molecule has 4 amide bonds. The molecule has 1 aliphatic rings. The van der Waals surface area contributed by atoms with Gasteiger partial charge in [-0.05, 0) is 68.1 Å². The first kappa shape index (κ1) is 22.0. The van der Waals surface area contributed by atoms with Crippen molar-refractivity contribution in [1.29, 1.82) is 0 Å². The lowest BCUT2D eigenvalue weighted by Crippen LogP contribution is -2.37. The number of anilines is 2. The predicted molar refractivity (Wildman–Crippen MR) is 116 cm³/mol. The molecule has 1 heterocycles. The minimum absolute atomic E-state index is 0.0670. The minimum Gasteiger partial charge on any atom is -0.452 e. The van der Waals surface area contributed by atoms with Crippen molar-refractivity contribution >= 4 is 35.2 Å². The number of hydrogen-bond donors (Lipinski definition) is 2. The fourth-order valence-electron chi connectivity index (χ4n) is 3.27. The molecule has 0 aromatic heterocycles. The molecule has 1 aliphatic heterocycles. The Morgan fingerprint density at radius 1 is 1.03 bits per heavy atom. The van der Waals surface area contributed by atoms with E-state index < -0.39 is 24.5 Å². The zero-order valence-electron chi connectivity index (χ0n) is 17.6. The maximum absolute atomic E-state index is 12.2. The number of nitrogens with zero attached hydrogens (tertiary/aromatic N) is 1. The Balaban J connectivity index is 1.48. The summed E-state index contributed by atoms with van der Waals surface area (Å²) in [6.07, 6.45) is 2.36. The molecule has 2 N–H and O–H groups in total. The number of aryl methyl sites for hydroxylation is 1. The second kappa shape index (κ2) is 9.88. The maximum atomic E-state index is 12.2. The fourth-order valence-corrected chi connectivity index (χ4v) is 3.27. The monoisotopic (exact) mass is 423 g/mol. The first-order valence-electron chi connectivity index (χ1n) is 10.1. The van der Waals surface area contributed by atoms with Gasteiger partial charge in [-0.2, -0.15) is 0 Å². The summed E-state index contributed by atoms with van der Waals surface area (Å²) in [6.45, 7) is 3.85. The lowest BCUT2D eigenvalue weighted by Gasteiger charge is -2.26. The van der Waals surface area contributed by atoms with Crippen LogP contribution in [0.2, 0.25) is 0 Å². The van der Waals surface area contributed by atoms with Crippen molar-refractivity contribution in [3.05, 3.63) is 59.2 Å². The Bertz CT molecular complexity index is 1000. The molecule has 2 aromatic rings. The van der Waals surface area contributed by atoms with Crippen molar-refractivity contribution in [1.82, 2.24) is 5.32 Å². The van der Waals surface area contributed by atoms with E-state index in [9.17, 15) is 19.2 Å². The van der Waals surface area contributed by atoms with Gasteiger partial charge in [-0.3, -0.25) is 14.9 Å². The van der Waals surface area contributed by atoms with Crippen molar-refractivity contribution in [2.24, 2.45) is 0 Å². The normalized spacial score (nSPS) is 13.5. The van der Waals surface area contributed by atoms with Gasteiger partial charge in [-0.15, -0.1) is 0 Å². The molecule has 8 heteroatoms. The van der Waals surface area contributed by atoms with Crippen LogP contribution in [0.3, 0.4) is 0 Å². The number of rotatable bonds is 5. The van der Waals surface area contributed by atoms with Crippen LogP contribution in [0, 0.1) is 13.8 Å². The van der Waals surface area contributed by atoms with Crippen LogP contribution in [0.5, 0.6) is 0 Å². The van der Waals surface area contributed by atoms with Crippen LogP contribution in [0.4, 0.5) is 16.2 Å². The molecule has 1 fully saturated rings. The number of benzene rings is 2. The molecular weight excluding hydrogens is 398 g/mol. The first-order valence-corrected chi connectivity index (χ1v) is 10.1. The lowest BCUT2D eigenvalue weighted by molar-refractivity contribution is -0.123. The summed E-state index contributed by atoms with van der Waals surface area (Å²) in [5.41, 5.74) is 3.47. The van der Waals surface area contributed by atoms with Gasteiger partial charge < -0.3 is 15.0 Å². The number of ether oxygens (including phenoxy) is 1. The zero-order chi connectivity index (χ0) is 22.4. The summed E-state index contributed by atoms with van der Waals surface area (Å²) in [7, 11) is 0. The summed E-state index contributed by atoms with van der Waals surface area (Å²) >= 11 is 0. The van der Waals surface area contributed by atoms with Gasteiger partial charge in [0.2, 0.25) is 5.91 Å². The number of nitrogens with one attached hydrogen (secondary N) is 2. The highest BCUT2D eigenvalue weighted by Crippen LogP contribution is 2.21. The van der Waals surface area contributed by atoms with Crippen molar-refractivity contribution in [2.45, 2.75) is 33.1 Å². The highest BCUT2D eigenvalue weighted by atomic mass is 16.5. The van der Waals surface area contributed by atoms with E-state index in [4.69, 9.17) is 4.74 Å². The number of carbonyl (C=O) groups excluding carboxylic acids is 4. The lowest BCUT2D eigenvalue weighted by atomic mass is 10.1. The van der Waals surface area contributed by atoms with Crippen LogP contribution >= 0.6 is 0 Å². The van der Waals surface area contributed by atoms with Crippen molar-refractivity contribution in [3.8, 4) is 0 Å². The Morgan fingerprint density at radius 3 is 2.48 bits per heavy atom. The summed E-state index contributed by atoms with van der Waals surface area (Å²) in [6, 6.07) is 11.2. The number of hydrogen-bond acceptors (Lipinski definition) is 5. The number of carbonyl (C=O) groups is 4. The first-order chi connectivity index (χ1) is 14.8. The molecule has 0 bridgehead atoms. The standard InChI is InChI=1S/C23H25N3O5/c1-15-6-5-7-19(16(15)2)24-23(30)25-20(27)14-31-22(29)17-9-11-18(12-10-17)26-13-4-3-8-21(26)28/h5-7,9-12H,3-4,8,13-14H2,1-2H3,(H2,24,25,27,30). The number of esters is 1. The Kier molecular flexibility index (Phi) is 7.02. The number of urea groups is 1. The van der Waals surface area contributed by atoms with Crippen LogP contribution in [0.15, 0.2) is 42.5 Å². The number of imide groups is 1. The average molecular weight is 423 g/mol. The minimum atomic E-state index is -0.744. The van der Waals surface area contributed by atoms with E-state index in [1.807, 2.05) is 19.9 Å². The quantitative estimate of drug-likeness (QED) is 0.718. The van der Waals surface area contributed by atoms with Gasteiger partial charge in [0.15, 0.2) is 6.61 Å². The molecule has 0 saturated carbocycles. The molecule has 2 aromatic carbocycles. The second-order valence-corrected chi connectivity index (χ2v) is 7.38. The van der Waals surface area contributed by atoms with Crippen LogP contribution < -0.4 is 15.5 Å². The van der Waals surface area contributed by atoms with Gasteiger partial charge in [-0.25, -0.2) is 9.59 Å². The van der Waals surface area contributed by atoms with Crippen LogP contribution in [0.25, 0.3) is 0 Å².